The summed E-state index contributed by atoms with van der Waals surface area (Å²) in [5, 5.41) is 4.36. The summed E-state index contributed by atoms with van der Waals surface area (Å²) in [6.45, 7) is 10.0. The molecule has 0 saturated carbocycles. The van der Waals surface area contributed by atoms with Gasteiger partial charge in [-0.25, -0.2) is 0 Å². The van der Waals surface area contributed by atoms with E-state index in [-0.39, 0.29) is 6.04 Å². The molecular weight excluding hydrogens is 228 g/mol. The van der Waals surface area contributed by atoms with Crippen molar-refractivity contribution in [1.29, 1.82) is 0 Å². The summed E-state index contributed by atoms with van der Waals surface area (Å²) < 4.78 is 0. The lowest BCUT2D eigenvalue weighted by Gasteiger charge is -2.36. The first kappa shape index (κ1) is 14.7. The lowest BCUT2D eigenvalue weighted by molar-refractivity contribution is 0.151. The number of hydrogen-bond donors (Lipinski definition) is 1. The molecule has 2 N–H and O–H groups in total. The van der Waals surface area contributed by atoms with E-state index in [1.54, 1.807) is 11.3 Å². The smallest absolute Gasteiger partial charge is 0.0504 e. The highest BCUT2D eigenvalue weighted by molar-refractivity contribution is 7.07. The Kier molecular flexibility index (Phi) is 5.17. The van der Waals surface area contributed by atoms with Gasteiger partial charge < -0.3 is 5.73 Å². The van der Waals surface area contributed by atoms with Crippen molar-refractivity contribution in [3.8, 4) is 0 Å². The second-order valence-corrected chi connectivity index (χ2v) is 6.83. The van der Waals surface area contributed by atoms with E-state index in [2.05, 4.69) is 56.5 Å². The van der Waals surface area contributed by atoms with Crippen molar-refractivity contribution in [2.45, 2.75) is 46.2 Å². The maximum atomic E-state index is 6.29. The normalized spacial score (nSPS) is 16.2. The average molecular weight is 254 g/mol. The third-order valence-corrected chi connectivity index (χ3v) is 3.66. The highest BCUT2D eigenvalue weighted by Gasteiger charge is 2.26. The van der Waals surface area contributed by atoms with Crippen LogP contribution >= 0.6 is 11.3 Å². The van der Waals surface area contributed by atoms with Gasteiger partial charge in [0.15, 0.2) is 0 Å². The largest absolute Gasteiger partial charge is 0.326 e. The fourth-order valence-corrected chi connectivity index (χ4v) is 3.03. The molecule has 1 aromatic heterocycles. The van der Waals surface area contributed by atoms with E-state index in [1.807, 2.05) is 0 Å². The zero-order chi connectivity index (χ0) is 13.1. The van der Waals surface area contributed by atoms with Gasteiger partial charge in [-0.15, -0.1) is 0 Å². The van der Waals surface area contributed by atoms with E-state index in [0.29, 0.717) is 11.5 Å². The number of hydrogen-bond acceptors (Lipinski definition) is 3. The fraction of sp³-hybridized carbons (Fsp3) is 0.714. The first-order valence-electron chi connectivity index (χ1n) is 6.33. The van der Waals surface area contributed by atoms with Crippen molar-refractivity contribution in [3.63, 3.8) is 0 Å². The van der Waals surface area contributed by atoms with Crippen LogP contribution in [0.25, 0.3) is 0 Å². The lowest BCUT2D eigenvalue weighted by Crippen LogP contribution is -2.41. The fourth-order valence-electron chi connectivity index (χ4n) is 2.34. The summed E-state index contributed by atoms with van der Waals surface area (Å²) in [4.78, 5) is 2.40. The highest BCUT2D eigenvalue weighted by Crippen LogP contribution is 2.28. The number of thiophene rings is 1. The van der Waals surface area contributed by atoms with E-state index in [9.17, 15) is 0 Å². The molecule has 0 radical (unpaired) electrons. The van der Waals surface area contributed by atoms with Crippen molar-refractivity contribution in [1.82, 2.24) is 4.90 Å². The van der Waals surface area contributed by atoms with Gasteiger partial charge in [0.2, 0.25) is 0 Å². The molecule has 0 fully saturated rings. The minimum atomic E-state index is 0.206. The van der Waals surface area contributed by atoms with Gasteiger partial charge in [-0.1, -0.05) is 27.7 Å². The maximum absolute atomic E-state index is 6.29. The van der Waals surface area contributed by atoms with Crippen molar-refractivity contribution in [2.75, 3.05) is 13.6 Å². The molecule has 0 saturated heterocycles. The van der Waals surface area contributed by atoms with Crippen molar-refractivity contribution in [2.24, 2.45) is 11.1 Å². The maximum Gasteiger partial charge on any atom is 0.0504 e. The van der Waals surface area contributed by atoms with Gasteiger partial charge in [-0.2, -0.15) is 11.3 Å². The van der Waals surface area contributed by atoms with E-state index >= 15 is 0 Å². The minimum Gasteiger partial charge on any atom is -0.326 e. The number of likely N-dealkylation sites (N-methyl/N-ethyl adjacent to an activating group) is 1. The Hall–Kier alpha value is -0.380. The van der Waals surface area contributed by atoms with Crippen LogP contribution in [0.4, 0.5) is 0 Å². The minimum absolute atomic E-state index is 0.206. The zero-order valence-electron chi connectivity index (χ0n) is 11.7. The quantitative estimate of drug-likeness (QED) is 0.871. The molecule has 0 spiro atoms. The van der Waals surface area contributed by atoms with E-state index in [1.165, 1.54) is 5.56 Å². The number of nitrogens with zero attached hydrogens (tertiary/aromatic N) is 1. The Morgan fingerprint density at radius 3 is 2.47 bits per heavy atom. The Balaban J connectivity index is 2.84. The molecule has 2 unspecified atom stereocenters. The third-order valence-electron chi connectivity index (χ3n) is 2.96. The molecule has 0 aliphatic heterocycles. The Morgan fingerprint density at radius 1 is 1.41 bits per heavy atom. The molecule has 0 bridgehead atoms. The predicted octanol–water partition coefficient (Wildman–Crippen LogP) is 3.50. The first-order chi connectivity index (χ1) is 7.85. The van der Waals surface area contributed by atoms with Gasteiger partial charge >= 0.3 is 0 Å². The third kappa shape index (κ3) is 4.41. The van der Waals surface area contributed by atoms with Gasteiger partial charge in [-0.05, 0) is 41.3 Å². The van der Waals surface area contributed by atoms with E-state index < -0.39 is 0 Å². The number of nitrogens with two attached hydrogens (primary N) is 1. The Bertz CT molecular complexity index is 313. The summed E-state index contributed by atoms with van der Waals surface area (Å²) in [7, 11) is 2.18. The molecule has 0 aliphatic rings. The van der Waals surface area contributed by atoms with Gasteiger partial charge in [-0.3, -0.25) is 4.90 Å². The van der Waals surface area contributed by atoms with Crippen LogP contribution in [-0.2, 0) is 0 Å². The van der Waals surface area contributed by atoms with Crippen LogP contribution in [0.2, 0.25) is 0 Å². The Labute approximate surface area is 110 Å². The van der Waals surface area contributed by atoms with Crippen molar-refractivity contribution < 1.29 is 0 Å². The SMILES string of the molecule is CCC(N)C(c1ccsc1)N(C)CC(C)(C)C. The van der Waals surface area contributed by atoms with Gasteiger partial charge in [0.05, 0.1) is 6.04 Å². The lowest BCUT2D eigenvalue weighted by atomic mass is 9.92. The van der Waals surface area contributed by atoms with Gasteiger partial charge in [0.1, 0.15) is 0 Å². The zero-order valence-corrected chi connectivity index (χ0v) is 12.6. The molecule has 17 heavy (non-hydrogen) atoms. The molecule has 1 rings (SSSR count). The van der Waals surface area contributed by atoms with Crippen LogP contribution < -0.4 is 5.73 Å². The van der Waals surface area contributed by atoms with Crippen LogP contribution in [-0.4, -0.2) is 24.5 Å². The van der Waals surface area contributed by atoms with E-state index in [4.69, 9.17) is 5.73 Å². The van der Waals surface area contributed by atoms with Crippen molar-refractivity contribution in [3.05, 3.63) is 22.4 Å². The molecule has 98 valence electrons. The topological polar surface area (TPSA) is 29.3 Å². The molecule has 0 aliphatic carbocycles. The summed E-state index contributed by atoms with van der Waals surface area (Å²) in [6, 6.07) is 2.74. The van der Waals surface area contributed by atoms with Gasteiger partial charge in [0.25, 0.3) is 0 Å². The molecule has 1 heterocycles. The van der Waals surface area contributed by atoms with Crippen molar-refractivity contribution >= 4 is 11.3 Å². The average Bonchev–Trinajstić information content (AvgIpc) is 2.68. The molecule has 1 aromatic rings. The van der Waals surface area contributed by atoms with Crippen LogP contribution in [0, 0.1) is 5.41 Å². The first-order valence-corrected chi connectivity index (χ1v) is 7.27. The molecule has 2 nitrogen and oxygen atoms in total. The summed E-state index contributed by atoms with van der Waals surface area (Å²) >= 11 is 1.75. The van der Waals surface area contributed by atoms with Crippen LogP contribution in [0.1, 0.15) is 45.7 Å². The molecule has 3 heteroatoms. The monoisotopic (exact) mass is 254 g/mol. The van der Waals surface area contributed by atoms with E-state index in [0.717, 1.165) is 13.0 Å². The predicted molar refractivity (Wildman–Crippen MR) is 77.4 cm³/mol. The standard InChI is InChI=1S/C14H26N2S/c1-6-12(15)13(11-7-8-17-9-11)16(5)10-14(2,3)4/h7-9,12-13H,6,10,15H2,1-5H3. The van der Waals surface area contributed by atoms with Crippen LogP contribution in [0.3, 0.4) is 0 Å². The van der Waals surface area contributed by atoms with Gasteiger partial charge in [0, 0.05) is 12.6 Å². The second-order valence-electron chi connectivity index (χ2n) is 6.05. The summed E-state index contributed by atoms with van der Waals surface area (Å²) in [6.07, 6.45) is 1.01. The summed E-state index contributed by atoms with van der Waals surface area (Å²) in [5.41, 5.74) is 7.95. The summed E-state index contributed by atoms with van der Waals surface area (Å²) in [5.74, 6) is 0. The van der Waals surface area contributed by atoms with Crippen LogP contribution in [0.5, 0.6) is 0 Å². The second kappa shape index (κ2) is 5.98. The Morgan fingerprint density at radius 2 is 2.06 bits per heavy atom. The highest BCUT2D eigenvalue weighted by atomic mass is 32.1. The van der Waals surface area contributed by atoms with Crippen LogP contribution in [0.15, 0.2) is 16.8 Å². The molecular formula is C14H26N2S. The molecule has 2 atom stereocenters. The molecule has 0 aromatic carbocycles. The number of rotatable bonds is 5. The molecule has 0 amide bonds.